The van der Waals surface area contributed by atoms with Crippen molar-refractivity contribution in [2.45, 2.75) is 110 Å². The van der Waals surface area contributed by atoms with Crippen molar-refractivity contribution >= 4 is 5.84 Å². The molecular weight excluding hydrogens is 296 g/mol. The van der Waals surface area contributed by atoms with Crippen molar-refractivity contribution in [3.05, 3.63) is 12.5 Å². The molecule has 140 valence electrons. The SMILES string of the molecule is C=C1N=C(C(C)CCCCCCCCCCCCCCCC)NO1. The highest BCUT2D eigenvalue weighted by Gasteiger charge is 2.16. The Hall–Kier alpha value is -0.990. The van der Waals surface area contributed by atoms with E-state index in [4.69, 9.17) is 4.84 Å². The predicted molar refractivity (Wildman–Crippen MR) is 105 cm³/mol. The molecule has 0 aliphatic carbocycles. The van der Waals surface area contributed by atoms with Gasteiger partial charge in [-0.25, -0.2) is 5.48 Å². The molecule has 0 aromatic heterocycles. The smallest absolute Gasteiger partial charge is 0.240 e. The van der Waals surface area contributed by atoms with E-state index >= 15 is 0 Å². The molecule has 1 aliphatic heterocycles. The minimum Gasteiger partial charge on any atom is -0.361 e. The van der Waals surface area contributed by atoms with E-state index < -0.39 is 0 Å². The van der Waals surface area contributed by atoms with Crippen LogP contribution in [0, 0.1) is 5.92 Å². The third-order valence-electron chi connectivity index (χ3n) is 4.98. The van der Waals surface area contributed by atoms with Crippen molar-refractivity contribution in [1.29, 1.82) is 0 Å². The van der Waals surface area contributed by atoms with Crippen LogP contribution in [0.4, 0.5) is 0 Å². The molecule has 0 spiro atoms. The number of hydrogen-bond donors (Lipinski definition) is 1. The second-order valence-electron chi connectivity index (χ2n) is 7.38. The van der Waals surface area contributed by atoms with E-state index in [0.717, 1.165) is 5.84 Å². The Bertz CT molecular complexity index is 352. The average Bonchev–Trinajstić information content (AvgIpc) is 3.01. The van der Waals surface area contributed by atoms with Crippen LogP contribution >= 0.6 is 0 Å². The highest BCUT2D eigenvalue weighted by molar-refractivity contribution is 5.85. The van der Waals surface area contributed by atoms with Gasteiger partial charge in [-0.15, -0.1) is 0 Å². The molecule has 1 N–H and O–H groups in total. The fourth-order valence-electron chi connectivity index (χ4n) is 3.28. The van der Waals surface area contributed by atoms with Gasteiger partial charge in [-0.3, -0.25) is 0 Å². The maximum atomic E-state index is 5.06. The molecular formula is C21H40N2O. The van der Waals surface area contributed by atoms with Gasteiger partial charge in [0.1, 0.15) is 5.84 Å². The molecule has 1 rings (SSSR count). The predicted octanol–water partition coefficient (Wildman–Crippen LogP) is 6.90. The molecule has 0 aromatic carbocycles. The fraction of sp³-hybridized carbons (Fsp3) is 0.857. The molecule has 0 saturated heterocycles. The molecule has 0 amide bonds. The van der Waals surface area contributed by atoms with E-state index in [9.17, 15) is 0 Å². The lowest BCUT2D eigenvalue weighted by Crippen LogP contribution is -2.23. The summed E-state index contributed by atoms with van der Waals surface area (Å²) in [6, 6.07) is 0. The van der Waals surface area contributed by atoms with Gasteiger partial charge in [0.25, 0.3) is 0 Å². The average molecular weight is 337 g/mol. The summed E-state index contributed by atoms with van der Waals surface area (Å²) in [7, 11) is 0. The van der Waals surface area contributed by atoms with Crippen LogP contribution in [-0.2, 0) is 4.84 Å². The van der Waals surface area contributed by atoms with E-state index in [2.05, 4.69) is 30.9 Å². The van der Waals surface area contributed by atoms with Crippen molar-refractivity contribution in [3.63, 3.8) is 0 Å². The molecule has 0 aromatic rings. The monoisotopic (exact) mass is 336 g/mol. The summed E-state index contributed by atoms with van der Waals surface area (Å²) in [6.45, 7) is 8.18. The quantitative estimate of drug-likeness (QED) is 0.311. The van der Waals surface area contributed by atoms with Crippen molar-refractivity contribution in [1.82, 2.24) is 5.48 Å². The zero-order chi connectivity index (χ0) is 17.5. The third-order valence-corrected chi connectivity index (χ3v) is 4.98. The van der Waals surface area contributed by atoms with E-state index in [1.807, 2.05) is 0 Å². The molecule has 3 nitrogen and oxygen atoms in total. The van der Waals surface area contributed by atoms with Gasteiger partial charge in [0.05, 0.1) is 0 Å². The van der Waals surface area contributed by atoms with Crippen molar-refractivity contribution in [2.24, 2.45) is 10.9 Å². The summed E-state index contributed by atoms with van der Waals surface area (Å²) in [4.78, 5) is 9.32. The molecule has 0 saturated carbocycles. The number of aliphatic imine (C=N–C) groups is 1. The van der Waals surface area contributed by atoms with Gasteiger partial charge in [-0.2, -0.15) is 4.99 Å². The summed E-state index contributed by atoms with van der Waals surface area (Å²) in [6.07, 6.45) is 20.9. The van der Waals surface area contributed by atoms with Crippen LogP contribution in [0.2, 0.25) is 0 Å². The highest BCUT2D eigenvalue weighted by atomic mass is 16.7. The number of hydrogen-bond acceptors (Lipinski definition) is 3. The fourth-order valence-corrected chi connectivity index (χ4v) is 3.28. The Morgan fingerprint density at radius 3 is 1.71 bits per heavy atom. The molecule has 24 heavy (non-hydrogen) atoms. The Labute approximate surface area is 150 Å². The van der Waals surface area contributed by atoms with E-state index in [1.54, 1.807) is 0 Å². The molecule has 1 atom stereocenters. The summed E-state index contributed by atoms with van der Waals surface area (Å²) in [5.41, 5.74) is 2.86. The lowest BCUT2D eigenvalue weighted by Gasteiger charge is -2.10. The van der Waals surface area contributed by atoms with Gasteiger partial charge in [0, 0.05) is 5.92 Å². The zero-order valence-corrected chi connectivity index (χ0v) is 16.2. The number of nitrogens with zero attached hydrogens (tertiary/aromatic N) is 1. The standard InChI is InChI=1S/C21H40N2O/c1-4-5-6-7-8-9-10-11-12-13-14-15-16-17-18-19(2)21-22-20(3)24-23-21/h19H,3-18H2,1-2H3,(H,22,23). The number of unbranched alkanes of at least 4 members (excludes halogenated alkanes) is 13. The lowest BCUT2D eigenvalue weighted by molar-refractivity contribution is 0.175. The van der Waals surface area contributed by atoms with Gasteiger partial charge >= 0.3 is 0 Å². The molecule has 0 fully saturated rings. The van der Waals surface area contributed by atoms with E-state index in [0.29, 0.717) is 11.8 Å². The first-order valence-electron chi connectivity index (χ1n) is 10.4. The van der Waals surface area contributed by atoms with Crippen LogP contribution in [0.15, 0.2) is 17.5 Å². The Balaban J connectivity index is 1.78. The molecule has 1 heterocycles. The van der Waals surface area contributed by atoms with Gasteiger partial charge in [0.2, 0.25) is 5.88 Å². The first-order chi connectivity index (χ1) is 11.7. The maximum absolute atomic E-state index is 5.06. The van der Waals surface area contributed by atoms with Crippen molar-refractivity contribution in [2.75, 3.05) is 0 Å². The second kappa shape index (κ2) is 14.4. The lowest BCUT2D eigenvalue weighted by atomic mass is 10.0. The van der Waals surface area contributed by atoms with Crippen LogP contribution in [0.3, 0.4) is 0 Å². The van der Waals surface area contributed by atoms with Gasteiger partial charge in [-0.1, -0.05) is 104 Å². The largest absolute Gasteiger partial charge is 0.361 e. The van der Waals surface area contributed by atoms with Crippen LogP contribution in [-0.4, -0.2) is 5.84 Å². The summed E-state index contributed by atoms with van der Waals surface area (Å²) in [5.74, 6) is 1.87. The molecule has 3 heteroatoms. The Kier molecular flexibility index (Phi) is 12.6. The minimum absolute atomic E-state index is 0.446. The zero-order valence-electron chi connectivity index (χ0n) is 16.2. The maximum Gasteiger partial charge on any atom is 0.240 e. The summed E-state index contributed by atoms with van der Waals surface area (Å²) >= 11 is 0. The number of rotatable bonds is 16. The first kappa shape index (κ1) is 21.1. The van der Waals surface area contributed by atoms with Crippen molar-refractivity contribution in [3.8, 4) is 0 Å². The molecule has 1 aliphatic rings. The summed E-state index contributed by atoms with van der Waals surface area (Å²) < 4.78 is 0. The van der Waals surface area contributed by atoms with Gasteiger partial charge < -0.3 is 4.84 Å². The minimum atomic E-state index is 0.446. The van der Waals surface area contributed by atoms with Gasteiger partial charge in [0.15, 0.2) is 0 Å². The van der Waals surface area contributed by atoms with Crippen LogP contribution in [0.1, 0.15) is 110 Å². The third kappa shape index (κ3) is 10.7. The topological polar surface area (TPSA) is 33.6 Å². The normalized spacial score (nSPS) is 15.1. The van der Waals surface area contributed by atoms with E-state index in [1.165, 1.54) is 96.3 Å². The van der Waals surface area contributed by atoms with Crippen LogP contribution in [0.5, 0.6) is 0 Å². The molecule has 0 bridgehead atoms. The van der Waals surface area contributed by atoms with Crippen LogP contribution < -0.4 is 5.48 Å². The number of nitrogens with one attached hydrogen (secondary N) is 1. The number of amidine groups is 1. The first-order valence-corrected chi connectivity index (χ1v) is 10.4. The Morgan fingerprint density at radius 2 is 1.29 bits per heavy atom. The number of hydroxylamine groups is 1. The van der Waals surface area contributed by atoms with Gasteiger partial charge in [-0.05, 0) is 13.0 Å². The Morgan fingerprint density at radius 1 is 0.833 bits per heavy atom. The van der Waals surface area contributed by atoms with Crippen LogP contribution in [0.25, 0.3) is 0 Å². The van der Waals surface area contributed by atoms with Crippen molar-refractivity contribution < 1.29 is 4.84 Å². The highest BCUT2D eigenvalue weighted by Crippen LogP contribution is 2.17. The van der Waals surface area contributed by atoms with E-state index in [-0.39, 0.29) is 0 Å². The molecule has 1 unspecified atom stereocenters. The second-order valence-corrected chi connectivity index (χ2v) is 7.38. The molecule has 0 radical (unpaired) electrons. The summed E-state index contributed by atoms with van der Waals surface area (Å²) in [5, 5.41) is 0.